The number of hydrogen-bond acceptors (Lipinski definition) is 2. The quantitative estimate of drug-likeness (QED) is 0.435. The Balaban J connectivity index is 2.08. The van der Waals surface area contributed by atoms with Crippen molar-refractivity contribution in [2.45, 2.75) is 45.7 Å². The van der Waals surface area contributed by atoms with Crippen LogP contribution in [0.25, 0.3) is 0 Å². The predicted octanol–water partition coefficient (Wildman–Crippen LogP) is 1.24. The molecule has 0 bridgehead atoms. The van der Waals surface area contributed by atoms with Crippen LogP contribution in [0.15, 0.2) is 18.7 Å². The van der Waals surface area contributed by atoms with Crippen LogP contribution in [0.4, 0.5) is 0 Å². The topological polar surface area (TPSA) is 63.2 Å². The van der Waals surface area contributed by atoms with E-state index in [0.717, 1.165) is 32.4 Å². The summed E-state index contributed by atoms with van der Waals surface area (Å²) in [6.07, 6.45) is 9.55. The zero-order chi connectivity index (χ0) is 12.7. The lowest BCUT2D eigenvalue weighted by Gasteiger charge is -1.98. The second kappa shape index (κ2) is 6.76. The van der Waals surface area contributed by atoms with E-state index in [1.54, 1.807) is 0 Å². The van der Waals surface area contributed by atoms with Crippen molar-refractivity contribution in [2.75, 3.05) is 5.75 Å². The number of aryl methyl sites for hydroxylation is 2. The van der Waals surface area contributed by atoms with Gasteiger partial charge >= 0.3 is 0 Å². The fraction of sp³-hybridized carbons (Fsp3) is 0.727. The second-order valence-corrected chi connectivity index (χ2v) is 5.75. The lowest BCUT2D eigenvalue weighted by Crippen LogP contribution is -2.30. The summed E-state index contributed by atoms with van der Waals surface area (Å²) in [4.78, 5) is 0. The smallest absolute Gasteiger partial charge is 0.264 e. The second-order valence-electron chi connectivity index (χ2n) is 4.18. The fourth-order valence-electron chi connectivity index (χ4n) is 1.69. The van der Waals surface area contributed by atoms with E-state index in [0.29, 0.717) is 6.42 Å². The molecule has 98 valence electrons. The Kier molecular flexibility index (Phi) is 5.64. The lowest BCUT2D eigenvalue weighted by molar-refractivity contribution is -0.696. The van der Waals surface area contributed by atoms with Crippen LogP contribution < -0.4 is 4.57 Å². The number of hydrogen-bond donors (Lipinski definition) is 1. The molecular weight excluding hydrogens is 240 g/mol. The van der Waals surface area contributed by atoms with E-state index in [2.05, 4.69) is 22.4 Å². The zero-order valence-corrected chi connectivity index (χ0v) is 11.1. The lowest BCUT2D eigenvalue weighted by atomic mass is 10.2. The van der Waals surface area contributed by atoms with Gasteiger partial charge in [-0.25, -0.2) is 9.13 Å². The molecule has 0 aliphatic carbocycles. The third kappa shape index (κ3) is 6.43. The molecule has 0 saturated heterocycles. The average molecular weight is 261 g/mol. The molecule has 1 rings (SSSR count). The SMILES string of the molecule is CCn1cc[n+](CCCCCCS(=O)(=O)O)c1. The normalized spacial score (nSPS) is 11.9. The van der Waals surface area contributed by atoms with Crippen LogP contribution in [0.1, 0.15) is 32.6 Å². The standard InChI is InChI=1S/C11H20N2O3S/c1-2-12-8-9-13(11-12)7-5-3-4-6-10-17(14,15)16/h8-9,11H,2-7,10H2,1H3/p+1. The Morgan fingerprint density at radius 1 is 1.24 bits per heavy atom. The van der Waals surface area contributed by atoms with Crippen LogP contribution in [-0.2, 0) is 23.2 Å². The van der Waals surface area contributed by atoms with Crippen molar-refractivity contribution in [1.82, 2.24) is 4.57 Å². The van der Waals surface area contributed by atoms with Gasteiger partial charge in [0.05, 0.1) is 18.8 Å². The first-order valence-electron chi connectivity index (χ1n) is 6.01. The molecule has 1 N–H and O–H groups in total. The average Bonchev–Trinajstić information content (AvgIpc) is 2.69. The maximum Gasteiger partial charge on any atom is 0.264 e. The summed E-state index contributed by atoms with van der Waals surface area (Å²) in [7, 11) is -3.77. The van der Waals surface area contributed by atoms with E-state index >= 15 is 0 Å². The molecule has 1 aromatic rings. The molecule has 1 heterocycles. The van der Waals surface area contributed by atoms with E-state index in [1.807, 2.05) is 12.4 Å². The van der Waals surface area contributed by atoms with Crippen molar-refractivity contribution < 1.29 is 17.5 Å². The van der Waals surface area contributed by atoms with Crippen LogP contribution in [-0.4, -0.2) is 23.3 Å². The molecule has 17 heavy (non-hydrogen) atoms. The summed E-state index contributed by atoms with van der Waals surface area (Å²) < 4.78 is 33.7. The Hall–Kier alpha value is -0.880. The van der Waals surface area contributed by atoms with Crippen LogP contribution in [0.5, 0.6) is 0 Å². The van der Waals surface area contributed by atoms with Gasteiger partial charge in [-0.1, -0.05) is 6.42 Å². The molecule has 0 atom stereocenters. The molecule has 0 radical (unpaired) electrons. The predicted molar refractivity (Wildman–Crippen MR) is 65.2 cm³/mol. The summed E-state index contributed by atoms with van der Waals surface area (Å²) in [5.41, 5.74) is 0. The largest absolute Gasteiger partial charge is 0.286 e. The van der Waals surface area contributed by atoms with Gasteiger partial charge in [-0.2, -0.15) is 8.42 Å². The third-order valence-electron chi connectivity index (χ3n) is 2.68. The maximum atomic E-state index is 10.5. The highest BCUT2D eigenvalue weighted by molar-refractivity contribution is 7.85. The monoisotopic (exact) mass is 261 g/mol. The molecule has 5 nitrogen and oxygen atoms in total. The van der Waals surface area contributed by atoms with Gasteiger partial charge in [0.1, 0.15) is 12.4 Å². The van der Waals surface area contributed by atoms with Crippen LogP contribution in [0.2, 0.25) is 0 Å². The number of aromatic nitrogens is 2. The molecule has 0 unspecified atom stereocenters. The van der Waals surface area contributed by atoms with E-state index in [9.17, 15) is 8.42 Å². The molecule has 1 aromatic heterocycles. The van der Waals surface area contributed by atoms with Gasteiger partial charge in [0, 0.05) is 0 Å². The van der Waals surface area contributed by atoms with Crippen LogP contribution in [0.3, 0.4) is 0 Å². The highest BCUT2D eigenvalue weighted by Crippen LogP contribution is 2.01. The first-order valence-corrected chi connectivity index (χ1v) is 7.62. The molecule has 6 heteroatoms. The van der Waals surface area contributed by atoms with Gasteiger partial charge in [0.2, 0.25) is 6.33 Å². The van der Waals surface area contributed by atoms with E-state index in [-0.39, 0.29) is 5.75 Å². The molecular formula is C11H21N2O3S+. The minimum atomic E-state index is -3.77. The summed E-state index contributed by atoms with van der Waals surface area (Å²) in [5.74, 6) is -0.119. The van der Waals surface area contributed by atoms with E-state index < -0.39 is 10.1 Å². The maximum absolute atomic E-state index is 10.5. The van der Waals surface area contributed by atoms with Crippen molar-refractivity contribution in [3.63, 3.8) is 0 Å². The van der Waals surface area contributed by atoms with E-state index in [1.165, 1.54) is 0 Å². The minimum Gasteiger partial charge on any atom is -0.286 e. The van der Waals surface area contributed by atoms with Gasteiger partial charge in [-0.15, -0.1) is 0 Å². The van der Waals surface area contributed by atoms with Gasteiger partial charge in [-0.3, -0.25) is 4.55 Å². The number of nitrogens with zero attached hydrogens (tertiary/aromatic N) is 2. The summed E-state index contributed by atoms with van der Waals surface area (Å²) in [6, 6.07) is 0. The Labute approximate surface area is 103 Å². The van der Waals surface area contributed by atoms with Crippen LogP contribution in [0, 0.1) is 0 Å². The fourth-order valence-corrected chi connectivity index (χ4v) is 2.26. The first-order chi connectivity index (χ1) is 8.01. The summed E-state index contributed by atoms with van der Waals surface area (Å²) in [5, 5.41) is 0. The van der Waals surface area contributed by atoms with Crippen molar-refractivity contribution in [3.05, 3.63) is 18.7 Å². The van der Waals surface area contributed by atoms with Crippen molar-refractivity contribution in [2.24, 2.45) is 0 Å². The van der Waals surface area contributed by atoms with Crippen LogP contribution >= 0.6 is 0 Å². The molecule has 0 saturated carbocycles. The molecule has 0 spiro atoms. The molecule has 0 aliphatic heterocycles. The number of imidazole rings is 1. The van der Waals surface area contributed by atoms with Gasteiger partial charge in [0.25, 0.3) is 10.1 Å². The highest BCUT2D eigenvalue weighted by atomic mass is 32.2. The Bertz CT molecular complexity index is 426. The van der Waals surface area contributed by atoms with Gasteiger partial charge < -0.3 is 0 Å². The molecule has 0 aromatic carbocycles. The highest BCUT2D eigenvalue weighted by Gasteiger charge is 2.04. The number of unbranched alkanes of at least 4 members (excludes halogenated alkanes) is 3. The Morgan fingerprint density at radius 3 is 2.53 bits per heavy atom. The van der Waals surface area contributed by atoms with Crippen molar-refractivity contribution in [1.29, 1.82) is 0 Å². The third-order valence-corrected chi connectivity index (χ3v) is 3.48. The van der Waals surface area contributed by atoms with Gasteiger partial charge in [0.15, 0.2) is 0 Å². The molecule has 0 amide bonds. The number of rotatable bonds is 8. The summed E-state index contributed by atoms with van der Waals surface area (Å²) in [6.45, 7) is 4.03. The molecule has 0 fully saturated rings. The molecule has 0 aliphatic rings. The van der Waals surface area contributed by atoms with E-state index in [4.69, 9.17) is 4.55 Å². The zero-order valence-electron chi connectivity index (χ0n) is 10.2. The Morgan fingerprint density at radius 2 is 1.94 bits per heavy atom. The summed E-state index contributed by atoms with van der Waals surface area (Å²) >= 11 is 0. The first kappa shape index (κ1) is 14.2. The minimum absolute atomic E-state index is 0.119. The van der Waals surface area contributed by atoms with Crippen molar-refractivity contribution in [3.8, 4) is 0 Å². The van der Waals surface area contributed by atoms with Crippen molar-refractivity contribution >= 4 is 10.1 Å². The van der Waals surface area contributed by atoms with Gasteiger partial charge in [-0.05, 0) is 26.2 Å².